The molecular formula is C23H15NO3. The number of phenols is 1. The molecule has 0 spiro atoms. The van der Waals surface area contributed by atoms with Crippen LogP contribution in [0.3, 0.4) is 0 Å². The Balaban J connectivity index is 1.89. The van der Waals surface area contributed by atoms with Gasteiger partial charge in [-0.25, -0.2) is 0 Å². The number of aromatic hydroxyl groups is 1. The zero-order valence-corrected chi connectivity index (χ0v) is 14.3. The normalized spacial score (nSPS) is 11.3. The Morgan fingerprint density at radius 2 is 1.59 bits per heavy atom. The molecule has 0 unspecified atom stereocenters. The fourth-order valence-electron chi connectivity index (χ4n) is 3.40. The lowest BCUT2D eigenvalue weighted by molar-refractivity contribution is 0.475. The maximum Gasteiger partial charge on any atom is 0.182 e. The highest BCUT2D eigenvalue weighted by Crippen LogP contribution is 2.37. The number of aromatic nitrogens is 1. The molecule has 3 aromatic carbocycles. The lowest BCUT2D eigenvalue weighted by Crippen LogP contribution is -1.92. The molecule has 2 N–H and O–H groups in total. The van der Waals surface area contributed by atoms with E-state index in [0.717, 1.165) is 33.3 Å². The van der Waals surface area contributed by atoms with Gasteiger partial charge in [0.1, 0.15) is 11.3 Å². The molecule has 0 atom stereocenters. The molecule has 0 aliphatic carbocycles. The van der Waals surface area contributed by atoms with E-state index in [9.17, 15) is 9.90 Å². The molecule has 0 radical (unpaired) electrons. The van der Waals surface area contributed by atoms with Gasteiger partial charge < -0.3 is 14.5 Å². The van der Waals surface area contributed by atoms with Crippen LogP contribution in [0.15, 0.2) is 88.1 Å². The second-order valence-corrected chi connectivity index (χ2v) is 6.47. The van der Waals surface area contributed by atoms with E-state index in [1.165, 1.54) is 6.07 Å². The largest absolute Gasteiger partial charge is 0.508 e. The van der Waals surface area contributed by atoms with Crippen LogP contribution in [-0.4, -0.2) is 10.1 Å². The van der Waals surface area contributed by atoms with Crippen molar-refractivity contribution in [2.75, 3.05) is 0 Å². The van der Waals surface area contributed by atoms with Gasteiger partial charge in [0, 0.05) is 22.7 Å². The number of benzene rings is 3. The predicted octanol–water partition coefficient (Wildman–Crippen LogP) is 5.31. The second kappa shape index (κ2) is 5.88. The van der Waals surface area contributed by atoms with Gasteiger partial charge in [-0.15, -0.1) is 0 Å². The van der Waals surface area contributed by atoms with Gasteiger partial charge in [-0.05, 0) is 41.5 Å². The van der Waals surface area contributed by atoms with Crippen LogP contribution in [0.4, 0.5) is 0 Å². The van der Waals surface area contributed by atoms with Gasteiger partial charge in [-0.2, -0.15) is 0 Å². The lowest BCUT2D eigenvalue weighted by Gasteiger charge is -2.08. The molecule has 130 valence electrons. The topological polar surface area (TPSA) is 66.2 Å². The van der Waals surface area contributed by atoms with E-state index in [1.807, 2.05) is 48.5 Å². The molecule has 0 saturated carbocycles. The molecule has 2 aromatic heterocycles. The van der Waals surface area contributed by atoms with Crippen LogP contribution in [0.25, 0.3) is 44.5 Å². The van der Waals surface area contributed by atoms with Gasteiger partial charge in [0.15, 0.2) is 11.0 Å². The van der Waals surface area contributed by atoms with E-state index in [1.54, 1.807) is 24.3 Å². The summed E-state index contributed by atoms with van der Waals surface area (Å²) in [4.78, 5) is 15.2. The van der Waals surface area contributed by atoms with Crippen molar-refractivity contribution in [1.82, 2.24) is 4.98 Å². The highest BCUT2D eigenvalue weighted by Gasteiger charge is 2.15. The first kappa shape index (κ1) is 15.5. The van der Waals surface area contributed by atoms with Gasteiger partial charge >= 0.3 is 0 Å². The summed E-state index contributed by atoms with van der Waals surface area (Å²) in [5.74, 6) is 0.210. The third kappa shape index (κ3) is 2.59. The van der Waals surface area contributed by atoms with Gasteiger partial charge in [0.05, 0.1) is 5.52 Å². The van der Waals surface area contributed by atoms with Crippen molar-refractivity contribution in [3.05, 3.63) is 89.1 Å². The highest BCUT2D eigenvalue weighted by atomic mass is 16.3. The molecule has 0 aliphatic rings. The Hall–Kier alpha value is -3.79. The van der Waals surface area contributed by atoms with Crippen LogP contribution in [0.1, 0.15) is 0 Å². The van der Waals surface area contributed by atoms with Gasteiger partial charge in [-0.1, -0.05) is 42.5 Å². The summed E-state index contributed by atoms with van der Waals surface area (Å²) in [6.07, 6.45) is 0. The van der Waals surface area contributed by atoms with E-state index in [0.29, 0.717) is 11.2 Å². The summed E-state index contributed by atoms with van der Waals surface area (Å²) in [7, 11) is 0. The van der Waals surface area contributed by atoms with Crippen LogP contribution in [0.5, 0.6) is 5.75 Å². The van der Waals surface area contributed by atoms with Crippen molar-refractivity contribution >= 4 is 22.1 Å². The minimum absolute atomic E-state index is 0.0870. The van der Waals surface area contributed by atoms with Crippen LogP contribution < -0.4 is 5.43 Å². The molecule has 0 bridgehead atoms. The summed E-state index contributed by atoms with van der Waals surface area (Å²) in [6.45, 7) is 0. The molecule has 0 saturated heterocycles. The summed E-state index contributed by atoms with van der Waals surface area (Å²) < 4.78 is 6.05. The fourth-order valence-corrected chi connectivity index (χ4v) is 3.40. The molecule has 2 heterocycles. The van der Waals surface area contributed by atoms with Crippen LogP contribution >= 0.6 is 0 Å². The third-order valence-corrected chi connectivity index (χ3v) is 4.72. The summed E-state index contributed by atoms with van der Waals surface area (Å²) >= 11 is 0. The van der Waals surface area contributed by atoms with Crippen LogP contribution in [0.2, 0.25) is 0 Å². The van der Waals surface area contributed by atoms with E-state index in [-0.39, 0.29) is 11.2 Å². The Morgan fingerprint density at radius 1 is 0.815 bits per heavy atom. The Kier molecular flexibility index (Phi) is 3.37. The number of aromatic amines is 1. The van der Waals surface area contributed by atoms with E-state index in [2.05, 4.69) is 4.98 Å². The van der Waals surface area contributed by atoms with Gasteiger partial charge in [0.2, 0.25) is 0 Å². The number of rotatable bonds is 2. The summed E-state index contributed by atoms with van der Waals surface area (Å²) in [5.41, 5.74) is 5.80. The quantitative estimate of drug-likeness (QED) is 0.452. The number of hydrogen-bond acceptors (Lipinski definition) is 3. The van der Waals surface area contributed by atoms with Gasteiger partial charge in [0.25, 0.3) is 0 Å². The average Bonchev–Trinajstić information content (AvgIpc) is 3.06. The first-order valence-electron chi connectivity index (χ1n) is 8.63. The van der Waals surface area contributed by atoms with Crippen molar-refractivity contribution in [3.63, 3.8) is 0 Å². The number of pyridine rings is 1. The van der Waals surface area contributed by atoms with Crippen LogP contribution in [-0.2, 0) is 0 Å². The molecule has 0 amide bonds. The summed E-state index contributed by atoms with van der Waals surface area (Å²) in [5, 5.41) is 10.5. The zero-order chi connectivity index (χ0) is 18.4. The van der Waals surface area contributed by atoms with Crippen molar-refractivity contribution < 1.29 is 9.52 Å². The number of furan rings is 1. The van der Waals surface area contributed by atoms with Crippen LogP contribution in [0, 0.1) is 0 Å². The van der Waals surface area contributed by atoms with E-state index >= 15 is 0 Å². The molecule has 0 fully saturated rings. The Morgan fingerprint density at radius 3 is 2.37 bits per heavy atom. The Bertz CT molecular complexity index is 1330. The van der Waals surface area contributed by atoms with Crippen molar-refractivity contribution in [2.24, 2.45) is 0 Å². The molecular weight excluding hydrogens is 338 g/mol. The molecule has 4 heteroatoms. The predicted molar refractivity (Wildman–Crippen MR) is 107 cm³/mol. The molecule has 0 aliphatic heterocycles. The van der Waals surface area contributed by atoms with Crippen molar-refractivity contribution in [1.29, 1.82) is 0 Å². The second-order valence-electron chi connectivity index (χ2n) is 6.47. The number of fused-ring (bicyclic) bond motifs is 3. The smallest absolute Gasteiger partial charge is 0.182 e. The minimum Gasteiger partial charge on any atom is -0.508 e. The number of hydrogen-bond donors (Lipinski definition) is 2. The number of nitrogens with one attached hydrogen (secondary N) is 1. The van der Waals surface area contributed by atoms with Gasteiger partial charge in [-0.3, -0.25) is 4.79 Å². The van der Waals surface area contributed by atoms with Crippen molar-refractivity contribution in [3.8, 4) is 28.1 Å². The van der Waals surface area contributed by atoms with Crippen molar-refractivity contribution in [2.45, 2.75) is 0 Å². The fraction of sp³-hybridized carbons (Fsp3) is 0. The third-order valence-electron chi connectivity index (χ3n) is 4.72. The lowest BCUT2D eigenvalue weighted by atomic mass is 10.0. The maximum absolute atomic E-state index is 11.7. The SMILES string of the molecule is O=c1ccc2c(c1)oc1c(-c3ccc(O)cc3)cc(-c3ccccc3)[nH]c12. The minimum atomic E-state index is -0.0870. The van der Waals surface area contributed by atoms with E-state index in [4.69, 9.17) is 4.42 Å². The first-order valence-corrected chi connectivity index (χ1v) is 8.63. The van der Waals surface area contributed by atoms with E-state index < -0.39 is 0 Å². The summed E-state index contributed by atoms with van der Waals surface area (Å²) in [6, 6.07) is 23.9. The number of phenolic OH excluding ortho intramolecular Hbond substituents is 1. The Labute approximate surface area is 154 Å². The highest BCUT2D eigenvalue weighted by molar-refractivity contribution is 6.08. The molecule has 5 aromatic rings. The first-order chi connectivity index (χ1) is 13.2. The zero-order valence-electron chi connectivity index (χ0n) is 14.3. The molecule has 4 nitrogen and oxygen atoms in total. The monoisotopic (exact) mass is 353 g/mol. The molecule has 5 rings (SSSR count). The maximum atomic E-state index is 11.7. The number of H-pyrrole nitrogens is 1. The average molecular weight is 353 g/mol. The standard InChI is InChI=1S/C23H15NO3/c25-16-8-6-14(7-9-16)19-13-20(15-4-2-1-3-5-15)24-22-18-11-10-17(26)12-21(18)27-23(19)22/h1-13,24-25H. The molecule has 27 heavy (non-hydrogen) atoms.